The molecule has 0 saturated heterocycles. The topological polar surface area (TPSA) is 35.3 Å². The van der Waals surface area contributed by atoms with E-state index in [0.29, 0.717) is 12.7 Å². The molecule has 1 aromatic carbocycles. The van der Waals surface area contributed by atoms with Crippen molar-refractivity contribution in [2.75, 3.05) is 6.61 Å². The molecule has 0 saturated carbocycles. The first-order valence-corrected chi connectivity index (χ1v) is 4.38. The average molecular weight is 177 g/mol. The maximum absolute atomic E-state index is 5.34. The van der Waals surface area contributed by atoms with E-state index in [4.69, 9.17) is 9.15 Å². The molecule has 1 aromatic heterocycles. The van der Waals surface area contributed by atoms with E-state index in [2.05, 4.69) is 4.98 Å². The van der Waals surface area contributed by atoms with Crippen LogP contribution >= 0.6 is 0 Å². The summed E-state index contributed by atoms with van der Waals surface area (Å²) in [4.78, 5) is 4.16. The number of ether oxygens (including phenoxy) is 1. The highest BCUT2D eigenvalue weighted by Gasteiger charge is 2.04. The fourth-order valence-corrected chi connectivity index (χ4v) is 1.10. The summed E-state index contributed by atoms with van der Waals surface area (Å²) >= 11 is 0. The van der Waals surface area contributed by atoms with Gasteiger partial charge in [0.15, 0.2) is 5.58 Å². The number of hydrogen-bond donors (Lipinski definition) is 0. The molecule has 13 heavy (non-hydrogen) atoms. The first-order chi connectivity index (χ1) is 6.40. The molecule has 0 bridgehead atoms. The van der Waals surface area contributed by atoms with Gasteiger partial charge in [-0.15, -0.1) is 0 Å². The van der Waals surface area contributed by atoms with Gasteiger partial charge in [0.25, 0.3) is 0 Å². The fraction of sp³-hybridized carbons (Fsp3) is 0.300. The van der Waals surface area contributed by atoms with Gasteiger partial charge in [0.1, 0.15) is 5.52 Å². The predicted octanol–water partition coefficient (Wildman–Crippen LogP) is 2.62. The van der Waals surface area contributed by atoms with Gasteiger partial charge >= 0.3 is 6.08 Å². The number of para-hydroxylation sites is 2. The number of nitrogens with zero attached hydrogens (tertiary/aromatic N) is 1. The van der Waals surface area contributed by atoms with Gasteiger partial charge < -0.3 is 9.15 Å². The third kappa shape index (κ3) is 1.64. The van der Waals surface area contributed by atoms with Crippen LogP contribution in [0.25, 0.3) is 11.1 Å². The summed E-state index contributed by atoms with van der Waals surface area (Å²) in [6, 6.07) is 7.62. The van der Waals surface area contributed by atoms with E-state index in [1.807, 2.05) is 31.2 Å². The number of hydrogen-bond acceptors (Lipinski definition) is 3. The molecular formula is C10H11NO2. The molecular weight excluding hydrogens is 166 g/mol. The van der Waals surface area contributed by atoms with E-state index >= 15 is 0 Å². The van der Waals surface area contributed by atoms with Crippen molar-refractivity contribution < 1.29 is 9.15 Å². The van der Waals surface area contributed by atoms with Crippen molar-refractivity contribution in [2.45, 2.75) is 13.3 Å². The van der Waals surface area contributed by atoms with Crippen LogP contribution in [-0.2, 0) is 0 Å². The quantitative estimate of drug-likeness (QED) is 0.722. The Morgan fingerprint density at radius 2 is 2.23 bits per heavy atom. The summed E-state index contributed by atoms with van der Waals surface area (Å²) in [6.45, 7) is 2.69. The molecule has 0 N–H and O–H groups in total. The maximum Gasteiger partial charge on any atom is 0.394 e. The van der Waals surface area contributed by atoms with Crippen LogP contribution in [0.4, 0.5) is 0 Å². The lowest BCUT2D eigenvalue weighted by Crippen LogP contribution is -1.94. The Bertz CT molecular complexity index is 361. The second-order valence-electron chi connectivity index (χ2n) is 2.80. The third-order valence-corrected chi connectivity index (χ3v) is 1.70. The Morgan fingerprint density at radius 1 is 1.38 bits per heavy atom. The highest BCUT2D eigenvalue weighted by Crippen LogP contribution is 2.19. The van der Waals surface area contributed by atoms with Crippen molar-refractivity contribution in [1.29, 1.82) is 0 Å². The van der Waals surface area contributed by atoms with E-state index in [-0.39, 0.29) is 0 Å². The van der Waals surface area contributed by atoms with Crippen molar-refractivity contribution in [2.24, 2.45) is 0 Å². The number of benzene rings is 1. The molecule has 0 spiro atoms. The highest BCUT2D eigenvalue weighted by atomic mass is 16.6. The molecule has 0 fully saturated rings. The van der Waals surface area contributed by atoms with Gasteiger partial charge in [-0.2, -0.15) is 4.98 Å². The highest BCUT2D eigenvalue weighted by molar-refractivity contribution is 5.72. The zero-order valence-electron chi connectivity index (χ0n) is 7.49. The Hall–Kier alpha value is -1.51. The minimum atomic E-state index is 0.364. The first kappa shape index (κ1) is 8.10. The van der Waals surface area contributed by atoms with Crippen LogP contribution in [0.1, 0.15) is 13.3 Å². The van der Waals surface area contributed by atoms with E-state index in [0.717, 1.165) is 17.5 Å². The summed E-state index contributed by atoms with van der Waals surface area (Å²) < 4.78 is 10.6. The van der Waals surface area contributed by atoms with Crippen molar-refractivity contribution in [1.82, 2.24) is 4.98 Å². The molecule has 0 amide bonds. The molecule has 0 aliphatic rings. The average Bonchev–Trinajstić information content (AvgIpc) is 2.57. The number of aromatic nitrogens is 1. The molecule has 3 heteroatoms. The lowest BCUT2D eigenvalue weighted by Gasteiger charge is -1.94. The van der Waals surface area contributed by atoms with Gasteiger partial charge in [-0.25, -0.2) is 0 Å². The van der Waals surface area contributed by atoms with Gasteiger partial charge in [-0.1, -0.05) is 19.1 Å². The minimum absolute atomic E-state index is 0.364. The second-order valence-corrected chi connectivity index (χ2v) is 2.80. The SMILES string of the molecule is CCCOc1nc2ccccc2o1. The van der Waals surface area contributed by atoms with Crippen molar-refractivity contribution in [3.05, 3.63) is 24.3 Å². The molecule has 0 radical (unpaired) electrons. The van der Waals surface area contributed by atoms with E-state index < -0.39 is 0 Å². The van der Waals surface area contributed by atoms with Gasteiger partial charge in [0.2, 0.25) is 0 Å². The molecule has 3 nitrogen and oxygen atoms in total. The van der Waals surface area contributed by atoms with Crippen molar-refractivity contribution in [3.8, 4) is 6.08 Å². The standard InChI is InChI=1S/C10H11NO2/c1-2-7-12-10-11-8-5-3-4-6-9(8)13-10/h3-6H,2,7H2,1H3. The van der Waals surface area contributed by atoms with E-state index in [9.17, 15) is 0 Å². The fourth-order valence-electron chi connectivity index (χ4n) is 1.10. The lowest BCUT2D eigenvalue weighted by molar-refractivity contribution is 0.237. The smallest absolute Gasteiger partial charge is 0.394 e. The monoisotopic (exact) mass is 177 g/mol. The first-order valence-electron chi connectivity index (χ1n) is 4.38. The maximum atomic E-state index is 5.34. The molecule has 2 rings (SSSR count). The van der Waals surface area contributed by atoms with Gasteiger partial charge in [0.05, 0.1) is 6.61 Å². The zero-order valence-corrected chi connectivity index (χ0v) is 7.49. The summed E-state index contributed by atoms with van der Waals surface area (Å²) in [5.74, 6) is 0. The Balaban J connectivity index is 2.28. The number of oxazole rings is 1. The molecule has 1 heterocycles. The molecule has 0 atom stereocenters. The third-order valence-electron chi connectivity index (χ3n) is 1.70. The zero-order chi connectivity index (χ0) is 9.10. The summed E-state index contributed by atoms with van der Waals surface area (Å²) in [7, 11) is 0. The van der Waals surface area contributed by atoms with Crippen LogP contribution in [-0.4, -0.2) is 11.6 Å². The van der Waals surface area contributed by atoms with Crippen LogP contribution in [0.15, 0.2) is 28.7 Å². The Labute approximate surface area is 76.3 Å². The summed E-state index contributed by atoms with van der Waals surface area (Å²) in [6.07, 6.45) is 1.32. The van der Waals surface area contributed by atoms with Gasteiger partial charge in [-0.3, -0.25) is 0 Å². The van der Waals surface area contributed by atoms with Crippen LogP contribution in [0.2, 0.25) is 0 Å². The van der Waals surface area contributed by atoms with Crippen LogP contribution in [0.3, 0.4) is 0 Å². The molecule has 0 unspecified atom stereocenters. The Kier molecular flexibility index (Phi) is 2.17. The number of fused-ring (bicyclic) bond motifs is 1. The normalized spacial score (nSPS) is 10.5. The summed E-state index contributed by atoms with van der Waals surface area (Å²) in [5.41, 5.74) is 1.61. The molecule has 2 aromatic rings. The lowest BCUT2D eigenvalue weighted by atomic mass is 10.3. The van der Waals surface area contributed by atoms with Crippen LogP contribution in [0.5, 0.6) is 6.08 Å². The largest absolute Gasteiger partial charge is 0.450 e. The van der Waals surface area contributed by atoms with Crippen molar-refractivity contribution >= 4 is 11.1 Å². The van der Waals surface area contributed by atoms with E-state index in [1.165, 1.54) is 0 Å². The van der Waals surface area contributed by atoms with Crippen LogP contribution < -0.4 is 4.74 Å². The second kappa shape index (κ2) is 3.47. The Morgan fingerprint density at radius 3 is 3.00 bits per heavy atom. The predicted molar refractivity (Wildman–Crippen MR) is 49.8 cm³/mol. The van der Waals surface area contributed by atoms with E-state index in [1.54, 1.807) is 0 Å². The molecule has 0 aliphatic heterocycles. The van der Waals surface area contributed by atoms with Crippen molar-refractivity contribution in [3.63, 3.8) is 0 Å². The van der Waals surface area contributed by atoms with Gasteiger partial charge in [0, 0.05) is 0 Å². The van der Waals surface area contributed by atoms with Crippen LogP contribution in [0, 0.1) is 0 Å². The number of rotatable bonds is 3. The summed E-state index contributed by atoms with van der Waals surface area (Å²) in [5, 5.41) is 0. The van der Waals surface area contributed by atoms with Gasteiger partial charge in [-0.05, 0) is 18.6 Å². The molecule has 0 aliphatic carbocycles. The molecule has 68 valence electrons. The minimum Gasteiger partial charge on any atom is -0.450 e.